The van der Waals surface area contributed by atoms with Crippen LogP contribution in [0.2, 0.25) is 0 Å². The lowest BCUT2D eigenvalue weighted by molar-refractivity contribution is -0.133. The third-order valence-corrected chi connectivity index (χ3v) is 9.16. The summed E-state index contributed by atoms with van der Waals surface area (Å²) in [6, 6.07) is 2.47. The van der Waals surface area contributed by atoms with Crippen LogP contribution in [0.1, 0.15) is 34.9 Å². The number of hydrogen-bond donors (Lipinski definition) is 9. The number of carbonyl (C=O) groups is 4. The Balaban J connectivity index is 1.90. The molecule has 0 bridgehead atoms. The Bertz CT molecular complexity index is 1780. The van der Waals surface area contributed by atoms with Crippen molar-refractivity contribution in [2.75, 3.05) is 0 Å². The molecule has 16 nitrogen and oxygen atoms in total. The first-order valence-electron chi connectivity index (χ1n) is 14.2. The second-order valence-electron chi connectivity index (χ2n) is 11.0. The van der Waals surface area contributed by atoms with Gasteiger partial charge in [-0.25, -0.2) is 4.98 Å². The van der Waals surface area contributed by atoms with Gasteiger partial charge in [0.15, 0.2) is 0 Å². The molecule has 1 aromatic heterocycles. The van der Waals surface area contributed by atoms with E-state index in [1.807, 2.05) is 0 Å². The second kappa shape index (κ2) is 15.6. The van der Waals surface area contributed by atoms with Gasteiger partial charge in [0, 0.05) is 49.2 Å². The van der Waals surface area contributed by atoms with Crippen LogP contribution in [0.3, 0.4) is 0 Å². The van der Waals surface area contributed by atoms with Gasteiger partial charge in [0.05, 0.1) is 6.33 Å². The van der Waals surface area contributed by atoms with Crippen molar-refractivity contribution in [1.82, 2.24) is 25.9 Å². The molecule has 50 heavy (non-hydrogen) atoms. The van der Waals surface area contributed by atoms with E-state index in [0.29, 0.717) is 30.0 Å². The topological polar surface area (TPSA) is 274 Å². The first-order chi connectivity index (χ1) is 23.0. The molecule has 272 valence electrons. The Morgan fingerprint density at radius 3 is 1.50 bits per heavy atom. The molecule has 10 N–H and O–H groups in total. The van der Waals surface area contributed by atoms with E-state index < -0.39 is 92.2 Å². The number of nitrogens with two attached hydrogens (primary N) is 1. The standard InChI is InChI=1S/C28H32F4N6O10P2/c1-15(39)36-23(12-20-13-34-14-35-20)26(42)38-22(11-17-4-8-19(9-5-17)28(31,32)50(46,47)48)25(41)37-21(24(33)40)10-16-2-6-18(7-3-16)27(29,30)49(43,44)45/h2-9,13-14,21-23H,10-12H2,1H3,(H2,33,40)(H,34,35)(H,36,39)(H,37,41)(H,38,42)(H2,43,44,45)(H2,46,47,48)/t21-,22-,23-/m0/s1. The molecule has 1 heterocycles. The molecule has 0 aliphatic heterocycles. The maximum absolute atomic E-state index is 14.2. The smallest absolute Gasteiger partial charge is 0.368 e. The second-order valence-corrected chi connectivity index (χ2v) is 14.3. The molecule has 2 aromatic carbocycles. The Morgan fingerprint density at radius 2 is 1.14 bits per heavy atom. The Kier molecular flexibility index (Phi) is 12.5. The fourth-order valence-corrected chi connectivity index (χ4v) is 5.51. The number of benzene rings is 2. The number of alkyl halides is 4. The van der Waals surface area contributed by atoms with Crippen molar-refractivity contribution in [2.24, 2.45) is 5.73 Å². The van der Waals surface area contributed by atoms with Crippen LogP contribution in [-0.4, -0.2) is 71.3 Å². The SMILES string of the molecule is CC(=O)N[C@@H](Cc1cnc[nH]1)C(=O)N[C@@H](Cc1ccc(C(F)(F)P(=O)(O)O)cc1)C(=O)N[C@@H](Cc1ccc(C(F)(F)P(=O)(O)O)cc1)C(N)=O. The molecule has 0 aliphatic rings. The average molecular weight is 751 g/mol. The van der Waals surface area contributed by atoms with Gasteiger partial charge >= 0.3 is 26.5 Å². The van der Waals surface area contributed by atoms with Crippen molar-refractivity contribution in [3.63, 3.8) is 0 Å². The minimum absolute atomic E-state index is 0.0950. The van der Waals surface area contributed by atoms with Crippen LogP contribution in [0.25, 0.3) is 0 Å². The molecule has 3 atom stereocenters. The molecule has 0 unspecified atom stereocenters. The quantitative estimate of drug-likeness (QED) is 0.0731. The number of aromatic nitrogens is 2. The fourth-order valence-electron chi connectivity index (χ4n) is 4.54. The van der Waals surface area contributed by atoms with Crippen molar-refractivity contribution in [2.45, 2.75) is 55.6 Å². The number of primary amides is 1. The summed E-state index contributed by atoms with van der Waals surface area (Å²) in [6.07, 6.45) is 1.71. The molecule has 0 saturated carbocycles. The van der Waals surface area contributed by atoms with E-state index >= 15 is 0 Å². The number of imidazole rings is 1. The lowest BCUT2D eigenvalue weighted by Crippen LogP contribution is -2.57. The number of halogens is 4. The lowest BCUT2D eigenvalue weighted by Gasteiger charge is -2.25. The van der Waals surface area contributed by atoms with Gasteiger partial charge in [-0.2, -0.15) is 17.6 Å². The van der Waals surface area contributed by atoms with E-state index in [2.05, 4.69) is 25.9 Å². The zero-order chi connectivity index (χ0) is 37.7. The van der Waals surface area contributed by atoms with Gasteiger partial charge in [-0.3, -0.25) is 28.3 Å². The molecular weight excluding hydrogens is 718 g/mol. The van der Waals surface area contributed by atoms with Gasteiger partial charge in [0.1, 0.15) is 18.1 Å². The molecule has 0 aliphatic carbocycles. The maximum Gasteiger partial charge on any atom is 0.399 e. The number of nitrogens with zero attached hydrogens (tertiary/aromatic N) is 1. The summed E-state index contributed by atoms with van der Waals surface area (Å²) < 4.78 is 79.0. The largest absolute Gasteiger partial charge is 0.399 e. The highest BCUT2D eigenvalue weighted by Crippen LogP contribution is 2.60. The molecule has 3 rings (SSSR count). The zero-order valence-electron chi connectivity index (χ0n) is 25.8. The van der Waals surface area contributed by atoms with E-state index in [4.69, 9.17) is 25.3 Å². The van der Waals surface area contributed by atoms with Crippen molar-refractivity contribution < 1.29 is 65.4 Å². The molecule has 22 heteroatoms. The van der Waals surface area contributed by atoms with E-state index in [1.165, 1.54) is 12.5 Å². The van der Waals surface area contributed by atoms with Gasteiger partial charge in [0.25, 0.3) is 0 Å². The van der Waals surface area contributed by atoms with E-state index in [-0.39, 0.29) is 17.5 Å². The molecule has 3 aromatic rings. The van der Waals surface area contributed by atoms with Crippen LogP contribution < -0.4 is 21.7 Å². The average Bonchev–Trinajstić information content (AvgIpc) is 3.52. The summed E-state index contributed by atoms with van der Waals surface area (Å²) in [5.74, 6) is -3.70. The van der Waals surface area contributed by atoms with Crippen LogP contribution in [0.15, 0.2) is 61.1 Å². The lowest BCUT2D eigenvalue weighted by atomic mass is 10.0. The molecule has 0 radical (unpaired) electrons. The fraction of sp³-hybridized carbons (Fsp3) is 0.321. The van der Waals surface area contributed by atoms with Crippen LogP contribution in [0, 0.1) is 0 Å². The number of carbonyl (C=O) groups excluding carboxylic acids is 4. The minimum Gasteiger partial charge on any atom is -0.368 e. The van der Waals surface area contributed by atoms with Crippen LogP contribution in [0.5, 0.6) is 0 Å². The molecule has 0 saturated heterocycles. The van der Waals surface area contributed by atoms with Gasteiger partial charge in [-0.05, 0) is 11.1 Å². The molecule has 0 spiro atoms. The van der Waals surface area contributed by atoms with Crippen molar-refractivity contribution >= 4 is 38.8 Å². The minimum atomic E-state index is -5.90. The summed E-state index contributed by atoms with van der Waals surface area (Å²) in [4.78, 5) is 93.7. The van der Waals surface area contributed by atoms with Gasteiger partial charge in [-0.15, -0.1) is 0 Å². The third kappa shape index (κ3) is 10.1. The van der Waals surface area contributed by atoms with Crippen LogP contribution in [0.4, 0.5) is 17.6 Å². The Hall–Kier alpha value is -4.45. The predicted octanol–water partition coefficient (Wildman–Crippen LogP) is 0.851. The Morgan fingerprint density at radius 1 is 0.740 bits per heavy atom. The highest BCUT2D eigenvalue weighted by Gasteiger charge is 2.51. The number of amides is 4. The summed E-state index contributed by atoms with van der Waals surface area (Å²) in [6.45, 7) is 1.13. The van der Waals surface area contributed by atoms with Crippen molar-refractivity contribution in [3.05, 3.63) is 89.0 Å². The highest BCUT2D eigenvalue weighted by molar-refractivity contribution is 7.52. The normalized spacial score (nSPS) is 14.3. The highest BCUT2D eigenvalue weighted by atomic mass is 31.2. The van der Waals surface area contributed by atoms with E-state index in [0.717, 1.165) is 31.2 Å². The van der Waals surface area contributed by atoms with Crippen LogP contribution in [-0.2, 0) is 58.9 Å². The summed E-state index contributed by atoms with van der Waals surface area (Å²) in [7, 11) is -11.8. The summed E-state index contributed by atoms with van der Waals surface area (Å²) in [5, 5.41) is 7.15. The van der Waals surface area contributed by atoms with Crippen molar-refractivity contribution in [1.29, 1.82) is 0 Å². The number of hydrogen-bond acceptors (Lipinski definition) is 7. The number of H-pyrrole nitrogens is 1. The van der Waals surface area contributed by atoms with Gasteiger partial charge in [0.2, 0.25) is 23.6 Å². The molecular formula is C28H32F4N6O10P2. The summed E-state index contributed by atoms with van der Waals surface area (Å²) in [5.41, 5.74) is -5.02. The first-order valence-corrected chi connectivity index (χ1v) is 17.5. The summed E-state index contributed by atoms with van der Waals surface area (Å²) >= 11 is 0. The monoisotopic (exact) mass is 750 g/mol. The Labute approximate surface area is 280 Å². The first kappa shape index (κ1) is 40.0. The zero-order valence-corrected chi connectivity index (χ0v) is 27.6. The maximum atomic E-state index is 14.2. The molecule has 0 fully saturated rings. The molecule has 4 amide bonds. The number of rotatable bonds is 16. The number of nitrogens with one attached hydrogen (secondary N) is 4. The van der Waals surface area contributed by atoms with Crippen molar-refractivity contribution in [3.8, 4) is 0 Å². The van der Waals surface area contributed by atoms with Crippen LogP contribution >= 0.6 is 15.2 Å². The number of aromatic amines is 1. The predicted molar refractivity (Wildman–Crippen MR) is 165 cm³/mol. The van der Waals surface area contributed by atoms with E-state index in [9.17, 15) is 45.9 Å². The van der Waals surface area contributed by atoms with Gasteiger partial charge in [-0.1, -0.05) is 48.5 Å². The van der Waals surface area contributed by atoms with Gasteiger partial charge < -0.3 is 46.2 Å². The third-order valence-electron chi connectivity index (χ3n) is 7.18. The van der Waals surface area contributed by atoms with E-state index in [1.54, 1.807) is 0 Å².